The van der Waals surface area contributed by atoms with Crippen molar-refractivity contribution < 1.29 is 9.90 Å². The summed E-state index contributed by atoms with van der Waals surface area (Å²) in [4.78, 5) is 28.9. The lowest BCUT2D eigenvalue weighted by Crippen LogP contribution is -2.55. The van der Waals surface area contributed by atoms with Gasteiger partial charge >= 0.3 is 6.09 Å². The summed E-state index contributed by atoms with van der Waals surface area (Å²) in [5.74, 6) is 1.27. The highest BCUT2D eigenvalue weighted by atomic mass is 16.4. The van der Waals surface area contributed by atoms with Crippen LogP contribution in [0, 0.1) is 0 Å². The highest BCUT2D eigenvalue weighted by Crippen LogP contribution is 2.21. The second kappa shape index (κ2) is 9.38. The molecule has 7 heteroatoms. The van der Waals surface area contributed by atoms with Gasteiger partial charge in [-0.25, -0.2) is 19.8 Å². The molecule has 2 heterocycles. The highest BCUT2D eigenvalue weighted by molar-refractivity contribution is 6.13. The van der Waals surface area contributed by atoms with Crippen molar-refractivity contribution in [2.75, 3.05) is 24.5 Å². The van der Waals surface area contributed by atoms with Crippen molar-refractivity contribution in [3.8, 4) is 0 Å². The Morgan fingerprint density at radius 1 is 1.00 bits per heavy atom. The van der Waals surface area contributed by atoms with Crippen molar-refractivity contribution in [1.29, 1.82) is 0 Å². The number of hydrogen-bond acceptors (Lipinski definition) is 5. The van der Waals surface area contributed by atoms with Gasteiger partial charge in [-0.1, -0.05) is 67.6 Å². The van der Waals surface area contributed by atoms with Gasteiger partial charge in [-0.15, -0.1) is 0 Å². The number of benzene rings is 2. The predicted molar refractivity (Wildman–Crippen MR) is 121 cm³/mol. The minimum Gasteiger partial charge on any atom is -0.465 e. The molecule has 1 atom stereocenters. The minimum atomic E-state index is -0.864. The SMILES string of the molecule is CCC1CN(c2cnc(N=C(c3ccccc3)c3ccccc3)cn2)CCN1C(=O)O. The Labute approximate surface area is 181 Å². The fraction of sp³-hybridized carbons (Fsp3) is 0.250. The van der Waals surface area contributed by atoms with Crippen molar-refractivity contribution in [2.24, 2.45) is 4.99 Å². The number of piperazine rings is 1. The van der Waals surface area contributed by atoms with E-state index in [1.165, 1.54) is 4.90 Å². The second-order valence-electron chi connectivity index (χ2n) is 7.41. The molecule has 1 aliphatic heterocycles. The van der Waals surface area contributed by atoms with Gasteiger partial charge in [-0.2, -0.15) is 0 Å². The van der Waals surface area contributed by atoms with Gasteiger partial charge in [-0.3, -0.25) is 0 Å². The van der Waals surface area contributed by atoms with Crippen molar-refractivity contribution >= 4 is 23.4 Å². The third kappa shape index (κ3) is 4.71. The maximum Gasteiger partial charge on any atom is 0.407 e. The van der Waals surface area contributed by atoms with E-state index < -0.39 is 6.09 Å². The van der Waals surface area contributed by atoms with Crippen LogP contribution in [0.1, 0.15) is 24.5 Å². The molecule has 1 unspecified atom stereocenters. The number of amides is 1. The van der Waals surface area contributed by atoms with Crippen molar-refractivity contribution in [2.45, 2.75) is 19.4 Å². The average molecular weight is 415 g/mol. The molecule has 1 aromatic heterocycles. The maximum absolute atomic E-state index is 11.4. The number of hydrogen-bond donors (Lipinski definition) is 1. The minimum absolute atomic E-state index is 0.0477. The standard InChI is InChI=1S/C24H25N5O2/c1-2-20-17-28(13-14-29(20)24(30)31)22-16-25-21(15-26-22)27-23(18-9-5-3-6-10-18)19-11-7-4-8-12-19/h3-12,15-16,20H,2,13-14,17H2,1H3,(H,30,31). The summed E-state index contributed by atoms with van der Waals surface area (Å²) < 4.78 is 0. The van der Waals surface area contributed by atoms with Crippen LogP contribution in [0.5, 0.6) is 0 Å². The van der Waals surface area contributed by atoms with E-state index in [4.69, 9.17) is 4.99 Å². The first-order chi connectivity index (χ1) is 15.2. The summed E-state index contributed by atoms with van der Waals surface area (Å²) in [6.45, 7) is 3.67. The molecule has 1 fully saturated rings. The van der Waals surface area contributed by atoms with Gasteiger partial charge in [0.05, 0.1) is 24.1 Å². The molecule has 3 aromatic rings. The van der Waals surface area contributed by atoms with Gasteiger partial charge in [0.15, 0.2) is 5.82 Å². The zero-order chi connectivity index (χ0) is 21.6. The van der Waals surface area contributed by atoms with E-state index in [2.05, 4.69) is 14.9 Å². The zero-order valence-corrected chi connectivity index (χ0v) is 17.4. The summed E-state index contributed by atoms with van der Waals surface area (Å²) in [6.07, 6.45) is 3.29. The Hall–Kier alpha value is -3.74. The number of anilines is 1. The van der Waals surface area contributed by atoms with Crippen LogP contribution in [0.15, 0.2) is 78.0 Å². The lowest BCUT2D eigenvalue weighted by Gasteiger charge is -2.40. The smallest absolute Gasteiger partial charge is 0.407 e. The lowest BCUT2D eigenvalue weighted by molar-refractivity contribution is 0.116. The number of rotatable bonds is 5. The molecule has 0 radical (unpaired) electrons. The van der Waals surface area contributed by atoms with Gasteiger partial charge in [0.1, 0.15) is 5.82 Å². The Bertz CT molecular complexity index is 997. The first kappa shape index (κ1) is 20.5. The van der Waals surface area contributed by atoms with Gasteiger partial charge in [0.25, 0.3) is 0 Å². The zero-order valence-electron chi connectivity index (χ0n) is 17.4. The van der Waals surface area contributed by atoms with E-state index in [1.54, 1.807) is 12.4 Å². The molecule has 0 saturated carbocycles. The van der Waals surface area contributed by atoms with Gasteiger partial charge in [-0.05, 0) is 6.42 Å². The quantitative estimate of drug-likeness (QED) is 0.631. The molecule has 158 valence electrons. The molecule has 0 spiro atoms. The first-order valence-corrected chi connectivity index (χ1v) is 10.4. The number of carboxylic acid groups (broad SMARTS) is 1. The summed E-state index contributed by atoms with van der Waals surface area (Å²) >= 11 is 0. The molecule has 0 bridgehead atoms. The Balaban J connectivity index is 1.58. The van der Waals surface area contributed by atoms with E-state index in [9.17, 15) is 9.90 Å². The van der Waals surface area contributed by atoms with Crippen molar-refractivity contribution in [3.63, 3.8) is 0 Å². The molecular weight excluding hydrogens is 390 g/mol. The molecule has 7 nitrogen and oxygen atoms in total. The largest absolute Gasteiger partial charge is 0.465 e. The summed E-state index contributed by atoms with van der Waals surface area (Å²) in [5.41, 5.74) is 2.86. The summed E-state index contributed by atoms with van der Waals surface area (Å²) in [6, 6.07) is 20.0. The van der Waals surface area contributed by atoms with Gasteiger partial charge < -0.3 is 14.9 Å². The Kier molecular flexibility index (Phi) is 6.21. The number of carbonyl (C=O) groups is 1. The van der Waals surface area contributed by atoms with Crippen LogP contribution in [0.25, 0.3) is 0 Å². The van der Waals surface area contributed by atoms with Crippen LogP contribution in [0.3, 0.4) is 0 Å². The van der Waals surface area contributed by atoms with E-state index in [0.29, 0.717) is 25.5 Å². The number of aliphatic imine (C=N–C) groups is 1. The number of aromatic nitrogens is 2. The molecule has 31 heavy (non-hydrogen) atoms. The fourth-order valence-electron chi connectivity index (χ4n) is 3.80. The van der Waals surface area contributed by atoms with Crippen molar-refractivity contribution in [3.05, 3.63) is 84.2 Å². The molecule has 2 aromatic carbocycles. The fourth-order valence-corrected chi connectivity index (χ4v) is 3.80. The Morgan fingerprint density at radius 2 is 1.65 bits per heavy atom. The molecule has 0 aliphatic carbocycles. The number of nitrogens with zero attached hydrogens (tertiary/aromatic N) is 5. The molecule has 1 amide bonds. The summed E-state index contributed by atoms with van der Waals surface area (Å²) in [5, 5.41) is 9.37. The Morgan fingerprint density at radius 3 is 2.16 bits per heavy atom. The van der Waals surface area contributed by atoms with Crippen LogP contribution in [0.2, 0.25) is 0 Å². The summed E-state index contributed by atoms with van der Waals surface area (Å²) in [7, 11) is 0. The molecule has 1 saturated heterocycles. The topological polar surface area (TPSA) is 81.9 Å². The van der Waals surface area contributed by atoms with E-state index in [1.807, 2.05) is 67.6 Å². The molecule has 1 aliphatic rings. The maximum atomic E-state index is 11.4. The van der Waals surface area contributed by atoms with E-state index in [-0.39, 0.29) is 6.04 Å². The van der Waals surface area contributed by atoms with Crippen LogP contribution in [0.4, 0.5) is 16.4 Å². The second-order valence-corrected chi connectivity index (χ2v) is 7.41. The molecule has 1 N–H and O–H groups in total. The van der Waals surface area contributed by atoms with Crippen LogP contribution < -0.4 is 4.90 Å². The van der Waals surface area contributed by atoms with Crippen molar-refractivity contribution in [1.82, 2.24) is 14.9 Å². The monoisotopic (exact) mass is 415 g/mol. The van der Waals surface area contributed by atoms with Crippen LogP contribution in [-0.2, 0) is 0 Å². The molecular formula is C24H25N5O2. The third-order valence-corrected chi connectivity index (χ3v) is 5.47. The highest BCUT2D eigenvalue weighted by Gasteiger charge is 2.29. The third-order valence-electron chi connectivity index (χ3n) is 5.47. The first-order valence-electron chi connectivity index (χ1n) is 10.4. The van der Waals surface area contributed by atoms with Crippen LogP contribution in [-0.4, -0.2) is 57.5 Å². The van der Waals surface area contributed by atoms with Crippen LogP contribution >= 0.6 is 0 Å². The lowest BCUT2D eigenvalue weighted by atomic mass is 10.0. The van der Waals surface area contributed by atoms with E-state index in [0.717, 1.165) is 29.1 Å². The predicted octanol–water partition coefficient (Wildman–Crippen LogP) is 4.22. The van der Waals surface area contributed by atoms with E-state index >= 15 is 0 Å². The van der Waals surface area contributed by atoms with Gasteiger partial charge in [0, 0.05) is 30.8 Å². The molecule has 4 rings (SSSR count). The van der Waals surface area contributed by atoms with Gasteiger partial charge in [0.2, 0.25) is 0 Å². The normalized spacial score (nSPS) is 16.1. The average Bonchev–Trinajstić information content (AvgIpc) is 2.83.